The molecule has 0 heterocycles. The van der Waals surface area contributed by atoms with Crippen molar-refractivity contribution in [2.24, 2.45) is 0 Å². The fraction of sp³-hybridized carbons (Fsp3) is 0.467. The summed E-state index contributed by atoms with van der Waals surface area (Å²) in [6, 6.07) is 7.31. The van der Waals surface area contributed by atoms with Gasteiger partial charge in [0.25, 0.3) is 0 Å². The zero-order chi connectivity index (χ0) is 15.2. The summed E-state index contributed by atoms with van der Waals surface area (Å²) in [5, 5.41) is 5.47. The zero-order valence-electron chi connectivity index (χ0n) is 12.4. The Kier molecular flexibility index (Phi) is 5.70. The van der Waals surface area contributed by atoms with Gasteiger partial charge in [0.15, 0.2) is 0 Å². The van der Waals surface area contributed by atoms with Crippen LogP contribution < -0.4 is 10.6 Å². The van der Waals surface area contributed by atoms with Gasteiger partial charge in [-0.3, -0.25) is 9.59 Å². The molecular weight excluding hydrogens is 256 g/mol. The van der Waals surface area contributed by atoms with Gasteiger partial charge in [-0.25, -0.2) is 0 Å². The van der Waals surface area contributed by atoms with Crippen LogP contribution in [0.3, 0.4) is 0 Å². The largest absolute Gasteiger partial charge is 0.366 e. The van der Waals surface area contributed by atoms with Crippen LogP contribution in [0.2, 0.25) is 0 Å². The molecule has 0 aliphatic carbocycles. The smallest absolute Gasteiger partial charge is 0.246 e. The minimum atomic E-state index is -0.322. The maximum absolute atomic E-state index is 11.6. The summed E-state index contributed by atoms with van der Waals surface area (Å²) < 4.78 is 5.38. The van der Waals surface area contributed by atoms with Crippen molar-refractivity contribution < 1.29 is 14.3 Å². The molecule has 0 saturated carbocycles. The zero-order valence-corrected chi connectivity index (χ0v) is 12.4. The van der Waals surface area contributed by atoms with Gasteiger partial charge in [0.05, 0.1) is 5.60 Å². The average molecular weight is 278 g/mol. The molecule has 0 fully saturated rings. The van der Waals surface area contributed by atoms with Crippen molar-refractivity contribution in [2.75, 3.05) is 11.9 Å². The predicted octanol–water partition coefficient (Wildman–Crippen LogP) is 2.08. The lowest BCUT2D eigenvalue weighted by atomic mass is 10.2. The Morgan fingerprint density at radius 3 is 2.25 bits per heavy atom. The molecule has 5 nitrogen and oxygen atoms in total. The van der Waals surface area contributed by atoms with Crippen molar-refractivity contribution in [1.82, 2.24) is 5.32 Å². The van der Waals surface area contributed by atoms with Crippen LogP contribution in [0.25, 0.3) is 0 Å². The summed E-state index contributed by atoms with van der Waals surface area (Å²) in [5.41, 5.74) is 1.38. The van der Waals surface area contributed by atoms with E-state index in [0.29, 0.717) is 6.54 Å². The van der Waals surface area contributed by atoms with Gasteiger partial charge < -0.3 is 15.4 Å². The first-order chi connectivity index (χ1) is 9.26. The SMILES string of the molecule is CC(=O)Nc1ccc(CNC(=O)COC(C)(C)C)cc1. The number of anilines is 1. The van der Waals surface area contributed by atoms with Crippen LogP contribution in [0.5, 0.6) is 0 Å². The van der Waals surface area contributed by atoms with E-state index < -0.39 is 0 Å². The molecule has 0 spiro atoms. The number of nitrogens with one attached hydrogen (secondary N) is 2. The van der Waals surface area contributed by atoms with Gasteiger partial charge >= 0.3 is 0 Å². The van der Waals surface area contributed by atoms with E-state index in [9.17, 15) is 9.59 Å². The fourth-order valence-electron chi connectivity index (χ4n) is 1.44. The number of hydrogen-bond donors (Lipinski definition) is 2. The molecular formula is C15H22N2O3. The van der Waals surface area contributed by atoms with Gasteiger partial charge in [-0.15, -0.1) is 0 Å². The van der Waals surface area contributed by atoms with E-state index in [1.54, 1.807) is 12.1 Å². The van der Waals surface area contributed by atoms with E-state index in [1.165, 1.54) is 6.92 Å². The fourth-order valence-corrected chi connectivity index (χ4v) is 1.44. The lowest BCUT2D eigenvalue weighted by Gasteiger charge is -2.19. The first-order valence-electron chi connectivity index (χ1n) is 6.53. The number of hydrogen-bond acceptors (Lipinski definition) is 3. The average Bonchev–Trinajstić information content (AvgIpc) is 2.34. The number of ether oxygens (including phenoxy) is 1. The quantitative estimate of drug-likeness (QED) is 0.866. The van der Waals surface area contributed by atoms with Crippen LogP contribution in [-0.2, 0) is 20.9 Å². The third kappa shape index (κ3) is 6.89. The Balaban J connectivity index is 2.38. The van der Waals surface area contributed by atoms with Crippen LogP contribution in [0.4, 0.5) is 5.69 Å². The number of benzene rings is 1. The third-order valence-corrected chi connectivity index (χ3v) is 2.40. The van der Waals surface area contributed by atoms with Gasteiger partial charge in [0, 0.05) is 19.2 Å². The maximum atomic E-state index is 11.6. The molecule has 0 aromatic heterocycles. The van der Waals surface area contributed by atoms with Crippen molar-refractivity contribution >= 4 is 17.5 Å². The number of carbonyl (C=O) groups is 2. The molecule has 2 N–H and O–H groups in total. The molecule has 0 radical (unpaired) electrons. The summed E-state index contributed by atoms with van der Waals surface area (Å²) in [7, 11) is 0. The molecule has 20 heavy (non-hydrogen) atoms. The summed E-state index contributed by atoms with van der Waals surface area (Å²) >= 11 is 0. The maximum Gasteiger partial charge on any atom is 0.246 e. The van der Waals surface area contributed by atoms with Gasteiger partial charge in [-0.2, -0.15) is 0 Å². The lowest BCUT2D eigenvalue weighted by molar-refractivity contribution is -0.130. The van der Waals surface area contributed by atoms with E-state index in [2.05, 4.69) is 10.6 Å². The van der Waals surface area contributed by atoms with E-state index in [-0.39, 0.29) is 24.0 Å². The summed E-state index contributed by atoms with van der Waals surface area (Å²) in [6.07, 6.45) is 0. The van der Waals surface area contributed by atoms with Crippen molar-refractivity contribution in [3.8, 4) is 0 Å². The first-order valence-corrected chi connectivity index (χ1v) is 6.53. The van der Waals surface area contributed by atoms with Crippen molar-refractivity contribution in [2.45, 2.75) is 39.8 Å². The topological polar surface area (TPSA) is 67.4 Å². The van der Waals surface area contributed by atoms with Crippen LogP contribution >= 0.6 is 0 Å². The normalized spacial score (nSPS) is 11.0. The molecule has 110 valence electrons. The summed E-state index contributed by atoms with van der Waals surface area (Å²) in [5.74, 6) is -0.253. The van der Waals surface area contributed by atoms with Gasteiger partial charge in [0.2, 0.25) is 11.8 Å². The van der Waals surface area contributed by atoms with Gasteiger partial charge in [-0.1, -0.05) is 12.1 Å². The lowest BCUT2D eigenvalue weighted by Crippen LogP contribution is -2.31. The molecule has 0 unspecified atom stereocenters. The van der Waals surface area contributed by atoms with Gasteiger partial charge in [-0.05, 0) is 38.5 Å². The Morgan fingerprint density at radius 1 is 1.15 bits per heavy atom. The second-order valence-corrected chi connectivity index (χ2v) is 5.56. The summed E-state index contributed by atoms with van der Waals surface area (Å²) in [6.45, 7) is 7.66. The first kappa shape index (κ1) is 16.2. The Labute approximate surface area is 119 Å². The molecule has 1 aromatic rings. The Bertz CT molecular complexity index is 461. The van der Waals surface area contributed by atoms with Crippen LogP contribution in [0, 0.1) is 0 Å². The minimum absolute atomic E-state index is 0.0491. The van der Waals surface area contributed by atoms with Crippen LogP contribution in [0.1, 0.15) is 33.3 Å². The molecule has 0 bridgehead atoms. The van der Waals surface area contributed by atoms with Crippen LogP contribution in [0.15, 0.2) is 24.3 Å². The highest BCUT2D eigenvalue weighted by Crippen LogP contribution is 2.09. The highest BCUT2D eigenvalue weighted by Gasteiger charge is 2.12. The van der Waals surface area contributed by atoms with Crippen molar-refractivity contribution in [3.63, 3.8) is 0 Å². The van der Waals surface area contributed by atoms with E-state index in [0.717, 1.165) is 11.3 Å². The predicted molar refractivity (Wildman–Crippen MR) is 78.3 cm³/mol. The third-order valence-electron chi connectivity index (χ3n) is 2.40. The molecule has 0 atom stereocenters. The molecule has 1 aromatic carbocycles. The Hall–Kier alpha value is -1.88. The molecule has 0 aliphatic rings. The summed E-state index contributed by atoms with van der Waals surface area (Å²) in [4.78, 5) is 22.5. The molecule has 5 heteroatoms. The van der Waals surface area contributed by atoms with Crippen LogP contribution in [-0.4, -0.2) is 24.0 Å². The standard InChI is InChI=1S/C15H22N2O3/c1-11(18)17-13-7-5-12(6-8-13)9-16-14(19)10-20-15(2,3)4/h5-8H,9-10H2,1-4H3,(H,16,19)(H,17,18). The molecule has 2 amide bonds. The molecule has 1 rings (SSSR count). The highest BCUT2D eigenvalue weighted by atomic mass is 16.5. The van der Waals surface area contributed by atoms with Crippen molar-refractivity contribution in [1.29, 1.82) is 0 Å². The van der Waals surface area contributed by atoms with E-state index >= 15 is 0 Å². The number of rotatable bonds is 5. The minimum Gasteiger partial charge on any atom is -0.366 e. The Morgan fingerprint density at radius 2 is 1.75 bits per heavy atom. The molecule has 0 aliphatic heterocycles. The van der Waals surface area contributed by atoms with E-state index in [1.807, 2.05) is 32.9 Å². The molecule has 0 saturated heterocycles. The second kappa shape index (κ2) is 7.05. The second-order valence-electron chi connectivity index (χ2n) is 5.56. The highest BCUT2D eigenvalue weighted by molar-refractivity contribution is 5.88. The van der Waals surface area contributed by atoms with E-state index in [4.69, 9.17) is 4.74 Å². The number of amides is 2. The monoisotopic (exact) mass is 278 g/mol. The number of carbonyl (C=O) groups excluding carboxylic acids is 2. The van der Waals surface area contributed by atoms with Gasteiger partial charge in [0.1, 0.15) is 6.61 Å². The van der Waals surface area contributed by atoms with Crippen molar-refractivity contribution in [3.05, 3.63) is 29.8 Å².